The van der Waals surface area contributed by atoms with Crippen molar-refractivity contribution in [2.75, 3.05) is 0 Å². The Labute approximate surface area is 170 Å². The van der Waals surface area contributed by atoms with Gasteiger partial charge in [0, 0.05) is 5.56 Å². The van der Waals surface area contributed by atoms with E-state index < -0.39 is 26.1 Å². The number of H-pyrrole nitrogens is 1. The lowest BCUT2D eigenvalue weighted by Gasteiger charge is -2.03. The molecule has 3 aromatic rings. The van der Waals surface area contributed by atoms with Gasteiger partial charge in [-0.1, -0.05) is 24.3 Å². The summed E-state index contributed by atoms with van der Waals surface area (Å²) in [7, 11) is -8.78. The van der Waals surface area contributed by atoms with Crippen molar-refractivity contribution in [3.63, 3.8) is 0 Å². The Kier molecular flexibility index (Phi) is 4.39. The number of hydrogen-bond acceptors (Lipinski definition) is 6. The Hall–Kier alpha value is -3.32. The van der Waals surface area contributed by atoms with Crippen LogP contribution in [0.2, 0.25) is 0 Å². The monoisotopic (exact) mass is 448 g/mol. The number of benzene rings is 2. The van der Waals surface area contributed by atoms with Gasteiger partial charge in [0.2, 0.25) is 0 Å². The number of hydrogen-bond donors (Lipinski definition) is 4. The van der Waals surface area contributed by atoms with E-state index in [4.69, 9.17) is 9.11 Å². The molecule has 0 saturated heterocycles. The van der Waals surface area contributed by atoms with Gasteiger partial charge in [0.25, 0.3) is 26.1 Å². The van der Waals surface area contributed by atoms with Crippen LogP contribution < -0.4 is 0 Å². The Morgan fingerprint density at radius 3 is 1.67 bits per heavy atom. The molecule has 4 rings (SSSR count). The molecule has 2 aromatic carbocycles. The number of nitrogens with zero attached hydrogens (tertiary/aromatic N) is 1. The SMILES string of the molecule is O=C1N=C(c2ccc(S(=O)(=O)O)cc2)c2c(O)[nH]c(-c3ccc(S(=O)(=O)O)cc3)c21. The molecular formula is C18H12N2O8S2. The topological polar surface area (TPSA) is 174 Å². The fraction of sp³-hybridized carbons (Fsp3) is 0. The normalized spacial score (nSPS) is 13.9. The van der Waals surface area contributed by atoms with Gasteiger partial charge in [-0.05, 0) is 29.8 Å². The molecule has 0 bridgehead atoms. The van der Waals surface area contributed by atoms with Crippen LogP contribution in [0.25, 0.3) is 11.3 Å². The van der Waals surface area contributed by atoms with Crippen LogP contribution in [0.4, 0.5) is 0 Å². The first kappa shape index (κ1) is 20.0. The van der Waals surface area contributed by atoms with E-state index in [0.29, 0.717) is 11.1 Å². The fourth-order valence-electron chi connectivity index (χ4n) is 3.15. The maximum atomic E-state index is 12.5. The number of fused-ring (bicyclic) bond motifs is 1. The third-order valence-electron chi connectivity index (χ3n) is 4.51. The van der Waals surface area contributed by atoms with Crippen LogP contribution in [0, 0.1) is 0 Å². The zero-order valence-electron chi connectivity index (χ0n) is 14.8. The molecule has 2 heterocycles. The molecular weight excluding hydrogens is 436 g/mol. The van der Waals surface area contributed by atoms with E-state index in [2.05, 4.69) is 9.98 Å². The highest BCUT2D eigenvalue weighted by atomic mass is 32.2. The number of rotatable bonds is 4. The summed E-state index contributed by atoms with van der Waals surface area (Å²) in [6.07, 6.45) is 0. The predicted molar refractivity (Wildman–Crippen MR) is 104 cm³/mol. The number of nitrogens with one attached hydrogen (secondary N) is 1. The van der Waals surface area contributed by atoms with Gasteiger partial charge in [-0.25, -0.2) is 4.99 Å². The van der Waals surface area contributed by atoms with Crippen molar-refractivity contribution in [2.45, 2.75) is 9.79 Å². The number of amides is 1. The van der Waals surface area contributed by atoms with Crippen molar-refractivity contribution in [1.82, 2.24) is 4.98 Å². The first-order chi connectivity index (χ1) is 14.0. The van der Waals surface area contributed by atoms with Gasteiger partial charge in [-0.3, -0.25) is 13.9 Å². The fourth-order valence-corrected chi connectivity index (χ4v) is 4.11. The number of aliphatic imine (C=N–C) groups is 1. The average molecular weight is 448 g/mol. The van der Waals surface area contributed by atoms with Gasteiger partial charge < -0.3 is 10.1 Å². The van der Waals surface area contributed by atoms with Crippen LogP contribution in [0.3, 0.4) is 0 Å². The highest BCUT2D eigenvalue weighted by Gasteiger charge is 2.33. The molecule has 1 aliphatic heterocycles. The van der Waals surface area contributed by atoms with Gasteiger partial charge >= 0.3 is 0 Å². The van der Waals surface area contributed by atoms with E-state index in [1.165, 1.54) is 24.3 Å². The molecule has 0 unspecified atom stereocenters. The third-order valence-corrected chi connectivity index (χ3v) is 6.25. The summed E-state index contributed by atoms with van der Waals surface area (Å²) < 4.78 is 62.9. The number of aromatic hydroxyl groups is 1. The smallest absolute Gasteiger partial charge is 0.294 e. The Morgan fingerprint density at radius 1 is 0.733 bits per heavy atom. The van der Waals surface area contributed by atoms with Crippen molar-refractivity contribution >= 4 is 31.9 Å². The van der Waals surface area contributed by atoms with Crippen LogP contribution in [0.5, 0.6) is 5.88 Å². The van der Waals surface area contributed by atoms with Gasteiger partial charge in [-0.15, -0.1) is 0 Å². The minimum absolute atomic E-state index is 0.0564. The molecule has 154 valence electrons. The number of aromatic nitrogens is 1. The second-order valence-corrected chi connectivity index (χ2v) is 9.21. The van der Waals surface area contributed by atoms with Crippen LogP contribution in [-0.2, 0) is 20.2 Å². The molecule has 0 radical (unpaired) electrons. The molecule has 30 heavy (non-hydrogen) atoms. The molecule has 0 atom stereocenters. The minimum Gasteiger partial charge on any atom is -0.494 e. The molecule has 1 amide bonds. The van der Waals surface area contributed by atoms with E-state index >= 15 is 0 Å². The lowest BCUT2D eigenvalue weighted by atomic mass is 10.0. The first-order valence-electron chi connectivity index (χ1n) is 8.21. The van der Waals surface area contributed by atoms with Crippen molar-refractivity contribution in [1.29, 1.82) is 0 Å². The second kappa shape index (κ2) is 6.60. The largest absolute Gasteiger partial charge is 0.494 e. The Bertz CT molecular complexity index is 1430. The first-order valence-corrected chi connectivity index (χ1v) is 11.1. The summed E-state index contributed by atoms with van der Waals surface area (Å²) in [5, 5.41) is 10.4. The molecule has 1 aliphatic rings. The van der Waals surface area contributed by atoms with E-state index in [-0.39, 0.29) is 38.2 Å². The Morgan fingerprint density at radius 2 is 1.20 bits per heavy atom. The molecule has 0 spiro atoms. The quantitative estimate of drug-likeness (QED) is 0.438. The van der Waals surface area contributed by atoms with E-state index in [1.807, 2.05) is 0 Å². The van der Waals surface area contributed by atoms with E-state index in [0.717, 1.165) is 24.3 Å². The van der Waals surface area contributed by atoms with Crippen LogP contribution >= 0.6 is 0 Å². The van der Waals surface area contributed by atoms with E-state index in [9.17, 15) is 26.7 Å². The van der Waals surface area contributed by atoms with Crippen molar-refractivity contribution < 1.29 is 35.8 Å². The molecule has 10 nitrogen and oxygen atoms in total. The van der Waals surface area contributed by atoms with Crippen molar-refractivity contribution in [3.05, 3.63) is 65.2 Å². The molecule has 4 N–H and O–H groups in total. The molecule has 0 fully saturated rings. The van der Waals surface area contributed by atoms with Crippen molar-refractivity contribution in [3.8, 4) is 17.1 Å². The van der Waals surface area contributed by atoms with Gasteiger partial charge in [0.05, 0.1) is 32.3 Å². The maximum absolute atomic E-state index is 12.5. The lowest BCUT2D eigenvalue weighted by Crippen LogP contribution is -2.02. The van der Waals surface area contributed by atoms with E-state index in [1.54, 1.807) is 0 Å². The zero-order chi connectivity index (χ0) is 21.8. The zero-order valence-corrected chi connectivity index (χ0v) is 16.4. The summed E-state index contributed by atoms with van der Waals surface area (Å²) >= 11 is 0. The number of carbonyl (C=O) groups is 1. The molecule has 1 aromatic heterocycles. The van der Waals surface area contributed by atoms with Crippen LogP contribution in [0.1, 0.15) is 21.5 Å². The lowest BCUT2D eigenvalue weighted by molar-refractivity contribution is 0.101. The standard InChI is InChI=1S/C18H12N2O8S2/c21-17-13-14(16(20-17)10-3-7-12(8-4-10)30(26,27)28)18(22)19-15(13)9-1-5-11(6-2-9)29(23,24)25/h1-8,19,22H,(H,23,24,25)(H,26,27,28). The highest BCUT2D eigenvalue weighted by molar-refractivity contribution is 7.86. The van der Waals surface area contributed by atoms with Crippen LogP contribution in [0.15, 0.2) is 63.3 Å². The third kappa shape index (κ3) is 3.31. The highest BCUT2D eigenvalue weighted by Crippen LogP contribution is 2.38. The minimum atomic E-state index is -4.39. The summed E-state index contributed by atoms with van der Waals surface area (Å²) in [5.41, 5.74) is 1.16. The van der Waals surface area contributed by atoms with Gasteiger partial charge in [-0.2, -0.15) is 16.8 Å². The van der Waals surface area contributed by atoms with Crippen LogP contribution in [-0.4, -0.2) is 47.7 Å². The number of aromatic amines is 1. The Balaban J connectivity index is 1.79. The second-order valence-electron chi connectivity index (χ2n) is 6.36. The molecule has 0 saturated carbocycles. The average Bonchev–Trinajstić information content (AvgIpc) is 3.19. The van der Waals surface area contributed by atoms with Gasteiger partial charge in [0.1, 0.15) is 0 Å². The summed E-state index contributed by atoms with van der Waals surface area (Å²) in [6.45, 7) is 0. The summed E-state index contributed by atoms with van der Waals surface area (Å²) in [6, 6.07) is 9.91. The predicted octanol–water partition coefficient (Wildman–Crippen LogP) is 1.87. The maximum Gasteiger partial charge on any atom is 0.294 e. The summed E-state index contributed by atoms with van der Waals surface area (Å²) in [5.74, 6) is -1.02. The van der Waals surface area contributed by atoms with Gasteiger partial charge in [0.15, 0.2) is 5.88 Å². The molecule has 12 heteroatoms. The summed E-state index contributed by atoms with van der Waals surface area (Å²) in [4.78, 5) is 18.4. The molecule has 0 aliphatic carbocycles. The number of carbonyl (C=O) groups excluding carboxylic acids is 1. The van der Waals surface area contributed by atoms with Crippen molar-refractivity contribution in [2.24, 2.45) is 4.99 Å².